The van der Waals surface area contributed by atoms with Gasteiger partial charge in [0, 0.05) is 6.42 Å². The third-order valence-electron chi connectivity index (χ3n) is 3.04. The molecule has 4 nitrogen and oxygen atoms in total. The molecule has 1 saturated carbocycles. The average Bonchev–Trinajstić information content (AvgIpc) is 2.48. The molecule has 4 heteroatoms. The van der Waals surface area contributed by atoms with Crippen molar-refractivity contribution in [3.63, 3.8) is 0 Å². The fraction of sp³-hybridized carbons (Fsp3) is 0.889. The monoisotopic (exact) mass is 186 g/mol. The van der Waals surface area contributed by atoms with Crippen LogP contribution in [0.25, 0.3) is 0 Å². The van der Waals surface area contributed by atoms with E-state index in [1.54, 1.807) is 5.48 Å². The Kier molecular flexibility index (Phi) is 3.27. The van der Waals surface area contributed by atoms with E-state index in [2.05, 4.69) is 6.92 Å². The summed E-state index contributed by atoms with van der Waals surface area (Å²) in [6.07, 6.45) is 3.48. The summed E-state index contributed by atoms with van der Waals surface area (Å²) in [7, 11) is 0. The Balaban J connectivity index is 2.55. The third-order valence-corrected chi connectivity index (χ3v) is 3.04. The summed E-state index contributed by atoms with van der Waals surface area (Å²) in [6.45, 7) is 2.71. The summed E-state index contributed by atoms with van der Waals surface area (Å²) in [5, 5.41) is 8.43. The molecule has 1 aliphatic carbocycles. The highest BCUT2D eigenvalue weighted by Crippen LogP contribution is 2.43. The number of amides is 1. The van der Waals surface area contributed by atoms with Crippen LogP contribution in [0, 0.1) is 11.3 Å². The number of carbonyl (C=O) groups is 1. The molecule has 0 heterocycles. The van der Waals surface area contributed by atoms with E-state index in [1.807, 2.05) is 0 Å². The van der Waals surface area contributed by atoms with Gasteiger partial charge in [0.2, 0.25) is 5.91 Å². The molecule has 0 aromatic rings. The Morgan fingerprint density at radius 1 is 1.77 bits per heavy atom. The van der Waals surface area contributed by atoms with Crippen molar-refractivity contribution in [2.24, 2.45) is 17.1 Å². The number of hydroxylamine groups is 1. The van der Waals surface area contributed by atoms with Crippen LogP contribution in [-0.2, 0) is 4.79 Å². The van der Waals surface area contributed by atoms with Crippen molar-refractivity contribution in [3.05, 3.63) is 0 Å². The van der Waals surface area contributed by atoms with E-state index < -0.39 is 0 Å². The Morgan fingerprint density at radius 3 is 2.85 bits per heavy atom. The lowest BCUT2D eigenvalue weighted by molar-refractivity contribution is -0.131. The second-order valence-electron chi connectivity index (χ2n) is 4.26. The first-order valence-electron chi connectivity index (χ1n) is 4.75. The van der Waals surface area contributed by atoms with E-state index in [0.29, 0.717) is 18.9 Å². The van der Waals surface area contributed by atoms with E-state index in [1.165, 1.54) is 0 Å². The molecule has 0 unspecified atom stereocenters. The maximum Gasteiger partial charge on any atom is 0.243 e. The highest BCUT2D eigenvalue weighted by molar-refractivity contribution is 5.75. The fourth-order valence-corrected chi connectivity index (χ4v) is 2.29. The zero-order valence-electron chi connectivity index (χ0n) is 8.05. The van der Waals surface area contributed by atoms with Gasteiger partial charge in [-0.1, -0.05) is 13.3 Å². The predicted molar refractivity (Wildman–Crippen MR) is 49.0 cm³/mol. The molecule has 0 aliphatic heterocycles. The molecule has 2 atom stereocenters. The van der Waals surface area contributed by atoms with Gasteiger partial charge in [-0.15, -0.1) is 0 Å². The van der Waals surface area contributed by atoms with E-state index in [4.69, 9.17) is 10.9 Å². The van der Waals surface area contributed by atoms with Crippen LogP contribution in [0.4, 0.5) is 0 Å². The van der Waals surface area contributed by atoms with Crippen molar-refractivity contribution in [1.82, 2.24) is 5.48 Å². The van der Waals surface area contributed by atoms with Gasteiger partial charge in [-0.25, -0.2) is 5.48 Å². The topological polar surface area (TPSA) is 75.4 Å². The van der Waals surface area contributed by atoms with E-state index in [9.17, 15) is 4.79 Å². The van der Waals surface area contributed by atoms with Crippen LogP contribution in [-0.4, -0.2) is 17.7 Å². The summed E-state index contributed by atoms with van der Waals surface area (Å²) in [6, 6.07) is 0. The molecular weight excluding hydrogens is 168 g/mol. The van der Waals surface area contributed by atoms with Crippen molar-refractivity contribution in [3.8, 4) is 0 Å². The molecule has 0 bridgehead atoms. The van der Waals surface area contributed by atoms with Crippen molar-refractivity contribution in [2.75, 3.05) is 6.54 Å². The van der Waals surface area contributed by atoms with Gasteiger partial charge >= 0.3 is 0 Å². The highest BCUT2D eigenvalue weighted by Gasteiger charge is 2.37. The second-order valence-corrected chi connectivity index (χ2v) is 4.26. The lowest BCUT2D eigenvalue weighted by Crippen LogP contribution is -2.34. The minimum absolute atomic E-state index is 0.0633. The first-order chi connectivity index (χ1) is 6.12. The van der Waals surface area contributed by atoms with Crippen molar-refractivity contribution < 1.29 is 10.0 Å². The van der Waals surface area contributed by atoms with Gasteiger partial charge in [0.1, 0.15) is 0 Å². The average molecular weight is 186 g/mol. The van der Waals surface area contributed by atoms with Gasteiger partial charge in [-0.05, 0) is 30.7 Å². The Hall–Kier alpha value is -0.610. The maximum absolute atomic E-state index is 11.0. The van der Waals surface area contributed by atoms with Gasteiger partial charge in [0.25, 0.3) is 0 Å². The maximum atomic E-state index is 11.0. The normalized spacial score (nSPS) is 33.3. The number of hydrogen-bond donors (Lipinski definition) is 3. The molecule has 1 aliphatic rings. The minimum atomic E-state index is -0.320. The van der Waals surface area contributed by atoms with Crippen LogP contribution in [0.3, 0.4) is 0 Å². The number of nitrogens with two attached hydrogens (primary N) is 1. The molecule has 1 rings (SSSR count). The lowest BCUT2D eigenvalue weighted by Gasteiger charge is -2.26. The quantitative estimate of drug-likeness (QED) is 0.447. The molecule has 1 fully saturated rings. The van der Waals surface area contributed by atoms with Crippen LogP contribution >= 0.6 is 0 Å². The van der Waals surface area contributed by atoms with Crippen molar-refractivity contribution >= 4 is 5.91 Å². The van der Waals surface area contributed by atoms with Gasteiger partial charge in [-0.3, -0.25) is 10.0 Å². The van der Waals surface area contributed by atoms with Gasteiger partial charge < -0.3 is 5.73 Å². The van der Waals surface area contributed by atoms with Crippen molar-refractivity contribution in [1.29, 1.82) is 0 Å². The highest BCUT2D eigenvalue weighted by atomic mass is 16.5. The van der Waals surface area contributed by atoms with Crippen LogP contribution in [0.2, 0.25) is 0 Å². The molecule has 76 valence electrons. The number of hydrogen-bond acceptors (Lipinski definition) is 3. The molecule has 0 spiro atoms. The van der Waals surface area contributed by atoms with Gasteiger partial charge in [0.15, 0.2) is 0 Å². The van der Waals surface area contributed by atoms with E-state index >= 15 is 0 Å². The zero-order chi connectivity index (χ0) is 9.90. The minimum Gasteiger partial charge on any atom is -0.330 e. The van der Waals surface area contributed by atoms with Gasteiger partial charge in [0.05, 0.1) is 0 Å². The molecular formula is C9H18N2O2. The first kappa shape index (κ1) is 10.5. The summed E-state index contributed by atoms with van der Waals surface area (Å²) < 4.78 is 0. The van der Waals surface area contributed by atoms with Gasteiger partial charge in [-0.2, -0.15) is 0 Å². The Labute approximate surface area is 78.5 Å². The molecule has 0 aromatic heterocycles. The number of nitrogens with one attached hydrogen (secondary N) is 1. The molecule has 4 N–H and O–H groups in total. The first-order valence-corrected chi connectivity index (χ1v) is 4.75. The summed E-state index contributed by atoms with van der Waals surface area (Å²) in [4.78, 5) is 11.0. The molecule has 0 saturated heterocycles. The summed E-state index contributed by atoms with van der Waals surface area (Å²) in [5.74, 6) is 0.328. The molecule has 0 radical (unpaired) electrons. The second kappa shape index (κ2) is 4.07. The van der Waals surface area contributed by atoms with Crippen molar-refractivity contribution in [2.45, 2.75) is 32.6 Å². The summed E-state index contributed by atoms with van der Waals surface area (Å²) in [5.41, 5.74) is 7.28. The zero-order valence-corrected chi connectivity index (χ0v) is 8.05. The summed E-state index contributed by atoms with van der Waals surface area (Å²) >= 11 is 0. The molecule has 0 aromatic carbocycles. The van der Waals surface area contributed by atoms with Crippen LogP contribution in [0.15, 0.2) is 0 Å². The lowest BCUT2D eigenvalue weighted by atomic mass is 9.82. The van der Waals surface area contributed by atoms with Crippen LogP contribution < -0.4 is 11.2 Å². The Bertz CT molecular complexity index is 196. The van der Waals surface area contributed by atoms with E-state index in [0.717, 1.165) is 19.3 Å². The standard InChI is InChI=1S/C9H18N2O2/c1-7-2-3-9(4-7,6-10)5-8(12)11-13/h7,13H,2-6,10H2,1H3,(H,11,12)/t7-,9-/m0/s1. The van der Waals surface area contributed by atoms with Crippen LogP contribution in [0.1, 0.15) is 32.6 Å². The molecule has 1 amide bonds. The molecule has 13 heavy (non-hydrogen) atoms. The number of carbonyl (C=O) groups excluding carboxylic acids is 1. The largest absolute Gasteiger partial charge is 0.330 e. The predicted octanol–water partition coefficient (Wildman–Crippen LogP) is 0.647. The third kappa shape index (κ3) is 2.42. The van der Waals surface area contributed by atoms with E-state index in [-0.39, 0.29) is 11.3 Å². The number of rotatable bonds is 3. The SMILES string of the molecule is C[C@H]1CC[C@@](CN)(CC(=O)NO)C1. The van der Waals surface area contributed by atoms with Crippen LogP contribution in [0.5, 0.6) is 0 Å². The smallest absolute Gasteiger partial charge is 0.243 e. The fourth-order valence-electron chi connectivity index (χ4n) is 2.29. The Morgan fingerprint density at radius 2 is 2.46 bits per heavy atom.